The van der Waals surface area contributed by atoms with Crippen molar-refractivity contribution in [3.8, 4) is 11.8 Å². The summed E-state index contributed by atoms with van der Waals surface area (Å²) in [7, 11) is 0. The SMILES string of the molecule is CC1C#CCCCCCCC1. The molecular formula is C11H18. The molecule has 0 amide bonds. The first-order valence-electron chi connectivity index (χ1n) is 4.88. The Morgan fingerprint density at radius 1 is 1.00 bits per heavy atom. The van der Waals surface area contributed by atoms with Crippen LogP contribution in [-0.4, -0.2) is 0 Å². The van der Waals surface area contributed by atoms with Gasteiger partial charge in [0, 0.05) is 12.3 Å². The van der Waals surface area contributed by atoms with Crippen LogP contribution in [0.5, 0.6) is 0 Å². The molecule has 0 N–H and O–H groups in total. The van der Waals surface area contributed by atoms with Gasteiger partial charge in [0.05, 0.1) is 0 Å². The molecule has 0 fully saturated rings. The molecule has 0 radical (unpaired) electrons. The Bertz CT molecular complexity index is 147. The van der Waals surface area contributed by atoms with Crippen LogP contribution in [0, 0.1) is 17.8 Å². The lowest BCUT2D eigenvalue weighted by atomic mass is 10.0. The molecule has 1 unspecified atom stereocenters. The minimum atomic E-state index is 0.646. The van der Waals surface area contributed by atoms with Gasteiger partial charge in [0.1, 0.15) is 0 Å². The Morgan fingerprint density at radius 3 is 2.64 bits per heavy atom. The zero-order valence-electron chi connectivity index (χ0n) is 7.53. The zero-order valence-corrected chi connectivity index (χ0v) is 7.53. The van der Waals surface area contributed by atoms with E-state index in [1.54, 1.807) is 0 Å². The van der Waals surface area contributed by atoms with Crippen LogP contribution < -0.4 is 0 Å². The summed E-state index contributed by atoms with van der Waals surface area (Å²) in [5.41, 5.74) is 0. The van der Waals surface area contributed by atoms with Gasteiger partial charge < -0.3 is 0 Å². The highest BCUT2D eigenvalue weighted by molar-refractivity contribution is 5.02. The van der Waals surface area contributed by atoms with E-state index in [4.69, 9.17) is 0 Å². The van der Waals surface area contributed by atoms with Gasteiger partial charge in [-0.05, 0) is 12.8 Å². The molecule has 1 rings (SSSR count). The predicted octanol–water partition coefficient (Wildman–Crippen LogP) is 3.37. The van der Waals surface area contributed by atoms with Crippen LogP contribution >= 0.6 is 0 Å². The van der Waals surface area contributed by atoms with Crippen LogP contribution in [0.15, 0.2) is 0 Å². The highest BCUT2D eigenvalue weighted by Crippen LogP contribution is 2.12. The first-order valence-corrected chi connectivity index (χ1v) is 4.88. The van der Waals surface area contributed by atoms with Gasteiger partial charge in [0.25, 0.3) is 0 Å². The minimum absolute atomic E-state index is 0.646. The van der Waals surface area contributed by atoms with Crippen molar-refractivity contribution in [1.82, 2.24) is 0 Å². The third kappa shape index (κ3) is 4.09. The second-order valence-electron chi connectivity index (χ2n) is 3.53. The molecule has 0 aromatic heterocycles. The van der Waals surface area contributed by atoms with E-state index in [0.717, 1.165) is 6.42 Å². The average Bonchev–Trinajstić information content (AvgIpc) is 2.03. The Balaban J connectivity index is 2.31. The summed E-state index contributed by atoms with van der Waals surface area (Å²) >= 11 is 0. The Kier molecular flexibility index (Phi) is 4.12. The summed E-state index contributed by atoms with van der Waals surface area (Å²) in [6, 6.07) is 0. The molecule has 0 saturated heterocycles. The number of rotatable bonds is 0. The van der Waals surface area contributed by atoms with Crippen molar-refractivity contribution < 1.29 is 0 Å². The predicted molar refractivity (Wildman–Crippen MR) is 49.3 cm³/mol. The Labute approximate surface area is 70.4 Å². The number of hydrogen-bond donors (Lipinski definition) is 0. The summed E-state index contributed by atoms with van der Waals surface area (Å²) in [5.74, 6) is 7.20. The van der Waals surface area contributed by atoms with E-state index in [1.165, 1.54) is 38.5 Å². The summed E-state index contributed by atoms with van der Waals surface area (Å²) in [5, 5.41) is 0. The summed E-state index contributed by atoms with van der Waals surface area (Å²) in [6.07, 6.45) is 9.39. The molecule has 0 aromatic carbocycles. The molecule has 1 atom stereocenters. The molecule has 0 aromatic rings. The van der Waals surface area contributed by atoms with E-state index in [1.807, 2.05) is 0 Å². The van der Waals surface area contributed by atoms with Crippen LogP contribution in [0.25, 0.3) is 0 Å². The summed E-state index contributed by atoms with van der Waals surface area (Å²) in [4.78, 5) is 0. The van der Waals surface area contributed by atoms with Gasteiger partial charge in [0.15, 0.2) is 0 Å². The van der Waals surface area contributed by atoms with Crippen molar-refractivity contribution in [1.29, 1.82) is 0 Å². The van der Waals surface area contributed by atoms with E-state index in [2.05, 4.69) is 18.8 Å². The molecule has 0 heteroatoms. The zero-order chi connectivity index (χ0) is 7.94. The average molecular weight is 150 g/mol. The van der Waals surface area contributed by atoms with Crippen LogP contribution in [0.4, 0.5) is 0 Å². The Morgan fingerprint density at radius 2 is 1.73 bits per heavy atom. The first-order chi connectivity index (χ1) is 5.39. The van der Waals surface area contributed by atoms with E-state index >= 15 is 0 Å². The van der Waals surface area contributed by atoms with Crippen LogP contribution in [-0.2, 0) is 0 Å². The molecule has 1 aliphatic rings. The van der Waals surface area contributed by atoms with Gasteiger partial charge in [-0.3, -0.25) is 0 Å². The second-order valence-corrected chi connectivity index (χ2v) is 3.53. The smallest absolute Gasteiger partial charge is 0.0174 e. The van der Waals surface area contributed by atoms with Gasteiger partial charge in [0.2, 0.25) is 0 Å². The lowest BCUT2D eigenvalue weighted by Crippen LogP contribution is -1.92. The van der Waals surface area contributed by atoms with Crippen molar-refractivity contribution in [3.05, 3.63) is 0 Å². The number of hydrogen-bond acceptors (Lipinski definition) is 0. The van der Waals surface area contributed by atoms with Crippen molar-refractivity contribution in [2.45, 2.75) is 51.9 Å². The molecule has 0 bridgehead atoms. The van der Waals surface area contributed by atoms with Crippen LogP contribution in [0.1, 0.15) is 51.9 Å². The van der Waals surface area contributed by atoms with Gasteiger partial charge in [-0.1, -0.05) is 32.6 Å². The monoisotopic (exact) mass is 150 g/mol. The highest BCUT2D eigenvalue weighted by atomic mass is 14.0. The molecule has 11 heavy (non-hydrogen) atoms. The molecule has 0 spiro atoms. The second kappa shape index (κ2) is 5.24. The molecular weight excluding hydrogens is 132 g/mol. The molecule has 62 valence electrons. The lowest BCUT2D eigenvalue weighted by Gasteiger charge is -2.05. The van der Waals surface area contributed by atoms with E-state index in [9.17, 15) is 0 Å². The normalized spacial score (nSPS) is 26.8. The maximum Gasteiger partial charge on any atom is 0.0174 e. The van der Waals surface area contributed by atoms with Gasteiger partial charge >= 0.3 is 0 Å². The summed E-state index contributed by atoms with van der Waals surface area (Å²) in [6.45, 7) is 2.24. The van der Waals surface area contributed by atoms with Crippen molar-refractivity contribution in [2.75, 3.05) is 0 Å². The third-order valence-corrected chi connectivity index (χ3v) is 2.29. The van der Waals surface area contributed by atoms with Gasteiger partial charge in [-0.15, -0.1) is 11.8 Å². The van der Waals surface area contributed by atoms with Crippen molar-refractivity contribution >= 4 is 0 Å². The van der Waals surface area contributed by atoms with Crippen molar-refractivity contribution in [3.63, 3.8) is 0 Å². The fourth-order valence-corrected chi connectivity index (χ4v) is 1.51. The minimum Gasteiger partial charge on any atom is -0.103 e. The molecule has 1 aliphatic carbocycles. The molecule has 0 nitrogen and oxygen atoms in total. The molecule has 0 heterocycles. The third-order valence-electron chi connectivity index (χ3n) is 2.29. The largest absolute Gasteiger partial charge is 0.103 e. The van der Waals surface area contributed by atoms with Gasteiger partial charge in [-0.25, -0.2) is 0 Å². The Hall–Kier alpha value is -0.440. The molecule has 0 aliphatic heterocycles. The van der Waals surface area contributed by atoms with Crippen molar-refractivity contribution in [2.24, 2.45) is 5.92 Å². The maximum atomic E-state index is 3.30. The quantitative estimate of drug-likeness (QED) is 0.464. The first kappa shape index (κ1) is 8.65. The highest BCUT2D eigenvalue weighted by Gasteiger charge is 1.98. The summed E-state index contributed by atoms with van der Waals surface area (Å²) < 4.78 is 0. The fourth-order valence-electron chi connectivity index (χ4n) is 1.51. The van der Waals surface area contributed by atoms with E-state index in [0.29, 0.717) is 5.92 Å². The van der Waals surface area contributed by atoms with Crippen LogP contribution in [0.2, 0.25) is 0 Å². The topological polar surface area (TPSA) is 0 Å². The fraction of sp³-hybridized carbons (Fsp3) is 0.818. The standard InChI is InChI=1S/C11H18/c1-11-9-7-5-3-2-4-6-8-10-11/h11H,2-7,9H2,1H3. The van der Waals surface area contributed by atoms with Gasteiger partial charge in [-0.2, -0.15) is 0 Å². The van der Waals surface area contributed by atoms with E-state index in [-0.39, 0.29) is 0 Å². The molecule has 0 saturated carbocycles. The lowest BCUT2D eigenvalue weighted by molar-refractivity contribution is 0.549. The maximum absolute atomic E-state index is 3.30. The van der Waals surface area contributed by atoms with E-state index < -0.39 is 0 Å². The van der Waals surface area contributed by atoms with Crippen LogP contribution in [0.3, 0.4) is 0 Å².